The number of benzene rings is 2. The van der Waals surface area contributed by atoms with Crippen molar-refractivity contribution >= 4 is 27.6 Å². The Morgan fingerprint density at radius 1 is 1.16 bits per heavy atom. The minimum atomic E-state index is 0.182. The van der Waals surface area contributed by atoms with Crippen LogP contribution < -0.4 is 9.64 Å². The zero-order valence-electron chi connectivity index (χ0n) is 21.5. The average Bonchev–Trinajstić information content (AvgIpc) is 3.49. The van der Waals surface area contributed by atoms with Crippen LogP contribution in [0.5, 0.6) is 11.6 Å². The molecule has 190 valence electrons. The van der Waals surface area contributed by atoms with Crippen molar-refractivity contribution < 1.29 is 9.47 Å². The van der Waals surface area contributed by atoms with Gasteiger partial charge in [0.1, 0.15) is 11.2 Å². The number of hydrogen-bond acceptors (Lipinski definition) is 7. The third-order valence-electron chi connectivity index (χ3n) is 6.76. The predicted octanol–water partition coefficient (Wildman–Crippen LogP) is 4.76. The maximum atomic E-state index is 6.07. The molecule has 0 amide bonds. The number of H-pyrrole nitrogens is 2. The monoisotopic (exact) mass is 497 g/mol. The maximum Gasteiger partial charge on any atom is 0.219 e. The summed E-state index contributed by atoms with van der Waals surface area (Å²) in [6.45, 7) is 6.69. The summed E-state index contributed by atoms with van der Waals surface area (Å²) < 4.78 is 12.1. The summed E-state index contributed by atoms with van der Waals surface area (Å²) in [6.07, 6.45) is 1.92. The fourth-order valence-electron chi connectivity index (χ4n) is 4.94. The first kappa shape index (κ1) is 23.4. The van der Waals surface area contributed by atoms with E-state index < -0.39 is 0 Å². The highest BCUT2D eigenvalue weighted by atomic mass is 16.5. The fraction of sp³-hybridized carbons (Fsp3) is 0.321. The molecule has 1 saturated heterocycles. The molecule has 4 heterocycles. The molecular weight excluding hydrogens is 466 g/mol. The van der Waals surface area contributed by atoms with E-state index in [9.17, 15) is 0 Å². The van der Waals surface area contributed by atoms with Crippen LogP contribution in [-0.2, 0) is 4.74 Å². The SMILES string of the molecule is Cc1ccnc(Oc2cccc3c(-c4nc5ccc(N6CC(CN(C)C)OCC6C)cc5[nH]4)n[nH]c23)c1. The highest BCUT2D eigenvalue weighted by Crippen LogP contribution is 2.34. The Morgan fingerprint density at radius 2 is 2.05 bits per heavy atom. The highest BCUT2D eigenvalue weighted by molar-refractivity contribution is 5.96. The Hall–Kier alpha value is -3.95. The van der Waals surface area contributed by atoms with Gasteiger partial charge < -0.3 is 24.3 Å². The summed E-state index contributed by atoms with van der Waals surface area (Å²) in [5.74, 6) is 1.93. The molecule has 3 aromatic heterocycles. The first-order chi connectivity index (χ1) is 17.9. The fourth-order valence-corrected chi connectivity index (χ4v) is 4.94. The number of para-hydroxylation sites is 1. The molecule has 1 fully saturated rings. The number of pyridine rings is 1. The number of aromatic amines is 2. The second-order valence-corrected chi connectivity index (χ2v) is 10.0. The number of hydrogen-bond donors (Lipinski definition) is 2. The Labute approximate surface area is 215 Å². The van der Waals surface area contributed by atoms with Crippen molar-refractivity contribution in [2.75, 3.05) is 38.7 Å². The van der Waals surface area contributed by atoms with Gasteiger partial charge in [0.05, 0.1) is 23.7 Å². The summed E-state index contributed by atoms with van der Waals surface area (Å²) in [5, 5.41) is 8.66. The molecule has 6 rings (SSSR count). The van der Waals surface area contributed by atoms with Crippen molar-refractivity contribution in [2.45, 2.75) is 26.0 Å². The molecule has 0 radical (unpaired) electrons. The van der Waals surface area contributed by atoms with E-state index in [-0.39, 0.29) is 6.10 Å². The number of aryl methyl sites for hydroxylation is 1. The second kappa shape index (κ2) is 9.49. The smallest absolute Gasteiger partial charge is 0.219 e. The van der Waals surface area contributed by atoms with Gasteiger partial charge in [-0.1, -0.05) is 12.1 Å². The van der Waals surface area contributed by atoms with E-state index >= 15 is 0 Å². The van der Waals surface area contributed by atoms with Crippen LogP contribution in [0.1, 0.15) is 12.5 Å². The van der Waals surface area contributed by atoms with Crippen LogP contribution in [-0.4, -0.2) is 76.0 Å². The van der Waals surface area contributed by atoms with Crippen LogP contribution in [0.2, 0.25) is 0 Å². The Balaban J connectivity index is 1.31. The van der Waals surface area contributed by atoms with Gasteiger partial charge >= 0.3 is 0 Å². The van der Waals surface area contributed by atoms with Crippen LogP contribution in [0.3, 0.4) is 0 Å². The van der Waals surface area contributed by atoms with Gasteiger partial charge in [-0.25, -0.2) is 9.97 Å². The third-order valence-corrected chi connectivity index (χ3v) is 6.76. The standard InChI is InChI=1S/C28H31N7O2/c1-17-10-11-29-25(12-17)37-24-7-5-6-21-26(24)32-33-27(21)28-30-22-9-8-19(13-23(22)31-28)35-15-20(14-34(3)4)36-16-18(35)2/h5-13,18,20H,14-16H2,1-4H3,(H,30,31)(H,32,33). The predicted molar refractivity (Wildman–Crippen MR) is 145 cm³/mol. The lowest BCUT2D eigenvalue weighted by molar-refractivity contribution is 0.00880. The van der Waals surface area contributed by atoms with E-state index in [1.165, 1.54) is 0 Å². The summed E-state index contributed by atoms with van der Waals surface area (Å²) in [7, 11) is 4.16. The third kappa shape index (κ3) is 4.63. The zero-order valence-corrected chi connectivity index (χ0v) is 21.5. The largest absolute Gasteiger partial charge is 0.437 e. The van der Waals surface area contributed by atoms with Gasteiger partial charge in [0.2, 0.25) is 5.88 Å². The van der Waals surface area contributed by atoms with E-state index in [0.29, 0.717) is 30.1 Å². The van der Waals surface area contributed by atoms with Crippen LogP contribution in [0.15, 0.2) is 54.7 Å². The maximum absolute atomic E-state index is 6.07. The number of nitrogens with one attached hydrogen (secondary N) is 2. The van der Waals surface area contributed by atoms with Gasteiger partial charge in [-0.3, -0.25) is 5.10 Å². The number of likely N-dealkylation sites (N-methyl/N-ethyl adjacent to an activating group) is 1. The number of aromatic nitrogens is 5. The van der Waals surface area contributed by atoms with Crippen molar-refractivity contribution in [2.24, 2.45) is 0 Å². The number of fused-ring (bicyclic) bond motifs is 2. The number of morpholine rings is 1. The van der Waals surface area contributed by atoms with Crippen LogP contribution in [0.4, 0.5) is 5.69 Å². The minimum absolute atomic E-state index is 0.182. The van der Waals surface area contributed by atoms with E-state index in [0.717, 1.165) is 52.0 Å². The van der Waals surface area contributed by atoms with Crippen molar-refractivity contribution in [3.8, 4) is 23.1 Å². The molecule has 2 aromatic carbocycles. The highest BCUT2D eigenvalue weighted by Gasteiger charge is 2.27. The van der Waals surface area contributed by atoms with Crippen molar-refractivity contribution in [1.29, 1.82) is 0 Å². The quantitative estimate of drug-likeness (QED) is 0.349. The van der Waals surface area contributed by atoms with Crippen LogP contribution >= 0.6 is 0 Å². The number of ether oxygens (including phenoxy) is 2. The molecule has 1 aliphatic heterocycles. The van der Waals surface area contributed by atoms with Crippen LogP contribution in [0.25, 0.3) is 33.5 Å². The van der Waals surface area contributed by atoms with Gasteiger partial charge in [0.15, 0.2) is 11.6 Å². The molecule has 9 nitrogen and oxygen atoms in total. The second-order valence-electron chi connectivity index (χ2n) is 10.0. The molecule has 5 aromatic rings. The summed E-state index contributed by atoms with van der Waals surface area (Å²) in [6, 6.07) is 16.4. The minimum Gasteiger partial charge on any atom is -0.437 e. The molecular formula is C28H31N7O2. The summed E-state index contributed by atoms with van der Waals surface area (Å²) in [5.41, 5.74) is 5.68. The first-order valence-corrected chi connectivity index (χ1v) is 12.6. The van der Waals surface area contributed by atoms with Crippen molar-refractivity contribution in [3.05, 3.63) is 60.3 Å². The molecule has 0 spiro atoms. The molecule has 0 bridgehead atoms. The summed E-state index contributed by atoms with van der Waals surface area (Å²) in [4.78, 5) is 17.3. The molecule has 2 unspecified atom stereocenters. The Kier molecular flexibility index (Phi) is 6.02. The number of nitrogens with zero attached hydrogens (tertiary/aromatic N) is 5. The number of anilines is 1. The average molecular weight is 498 g/mol. The van der Waals surface area contributed by atoms with Gasteiger partial charge in [-0.2, -0.15) is 5.10 Å². The van der Waals surface area contributed by atoms with Gasteiger partial charge in [0.25, 0.3) is 0 Å². The van der Waals surface area contributed by atoms with Crippen LogP contribution in [0, 0.1) is 6.92 Å². The van der Waals surface area contributed by atoms with Gasteiger partial charge in [-0.05, 0) is 63.8 Å². The van der Waals surface area contributed by atoms with E-state index in [1.54, 1.807) is 6.20 Å². The van der Waals surface area contributed by atoms with E-state index in [1.807, 2.05) is 37.3 Å². The lowest BCUT2D eigenvalue weighted by Crippen LogP contribution is -2.51. The van der Waals surface area contributed by atoms with E-state index in [4.69, 9.17) is 14.5 Å². The molecule has 9 heteroatoms. The lowest BCUT2D eigenvalue weighted by atomic mass is 10.1. The van der Waals surface area contributed by atoms with Gasteiger partial charge in [0, 0.05) is 42.5 Å². The molecule has 37 heavy (non-hydrogen) atoms. The van der Waals surface area contributed by atoms with Crippen molar-refractivity contribution in [1.82, 2.24) is 30.0 Å². The number of rotatable bonds is 6. The zero-order chi connectivity index (χ0) is 25.5. The first-order valence-electron chi connectivity index (χ1n) is 12.6. The van der Waals surface area contributed by atoms with E-state index in [2.05, 4.69) is 69.2 Å². The molecule has 0 saturated carbocycles. The molecule has 2 N–H and O–H groups in total. The van der Waals surface area contributed by atoms with Crippen molar-refractivity contribution in [3.63, 3.8) is 0 Å². The summed E-state index contributed by atoms with van der Waals surface area (Å²) >= 11 is 0. The molecule has 1 aliphatic rings. The Morgan fingerprint density at radius 3 is 2.89 bits per heavy atom. The normalized spacial score (nSPS) is 18.2. The Bertz CT molecular complexity index is 1560. The topological polar surface area (TPSA) is 95.2 Å². The number of imidazole rings is 1. The molecule has 2 atom stereocenters. The van der Waals surface area contributed by atoms with Gasteiger partial charge in [-0.15, -0.1) is 0 Å². The molecule has 0 aliphatic carbocycles. The lowest BCUT2D eigenvalue weighted by Gasteiger charge is -2.40.